The maximum absolute atomic E-state index is 12.0. The Morgan fingerprint density at radius 1 is 1.15 bits per heavy atom. The molecule has 0 aliphatic rings. The van der Waals surface area contributed by atoms with Crippen molar-refractivity contribution in [2.75, 3.05) is 18.5 Å². The van der Waals surface area contributed by atoms with Gasteiger partial charge in [0.1, 0.15) is 5.75 Å². The molecule has 0 fully saturated rings. The molecule has 0 unspecified atom stereocenters. The number of sulfonamides is 1. The van der Waals surface area contributed by atoms with Gasteiger partial charge < -0.3 is 10.1 Å². The highest BCUT2D eigenvalue weighted by Gasteiger charge is 2.13. The molecule has 0 spiro atoms. The fraction of sp³-hybridized carbons (Fsp3) is 0.278. The van der Waals surface area contributed by atoms with Gasteiger partial charge in [0.15, 0.2) is 6.61 Å². The van der Waals surface area contributed by atoms with E-state index in [4.69, 9.17) is 16.3 Å². The summed E-state index contributed by atoms with van der Waals surface area (Å²) >= 11 is 6.02. The normalized spacial score (nSPS) is 11.2. The highest BCUT2D eigenvalue weighted by atomic mass is 35.5. The van der Waals surface area contributed by atoms with E-state index >= 15 is 0 Å². The molecule has 26 heavy (non-hydrogen) atoms. The van der Waals surface area contributed by atoms with Gasteiger partial charge in [0, 0.05) is 17.3 Å². The first-order valence-corrected chi connectivity index (χ1v) is 9.96. The van der Waals surface area contributed by atoms with E-state index in [2.05, 4.69) is 10.0 Å². The molecule has 140 valence electrons. The molecule has 0 saturated heterocycles. The molecule has 1 amide bonds. The molecule has 0 aromatic heterocycles. The molecule has 0 bridgehead atoms. The standard InChI is InChI=1S/C18H21ClN2O4S/c1-3-10-20-26(23,24)16-8-6-15(7-9-16)25-12-18(22)21-14-5-4-13(2)17(19)11-14/h4-9,11,20H,3,10,12H2,1-2H3,(H,21,22). The van der Waals surface area contributed by atoms with Crippen molar-refractivity contribution in [3.8, 4) is 5.75 Å². The van der Waals surface area contributed by atoms with Gasteiger partial charge in [-0.15, -0.1) is 0 Å². The molecular formula is C18H21ClN2O4S. The third-order valence-electron chi connectivity index (χ3n) is 3.50. The minimum atomic E-state index is -3.52. The van der Waals surface area contributed by atoms with Crippen LogP contribution in [0.2, 0.25) is 5.02 Å². The zero-order valence-corrected chi connectivity index (χ0v) is 16.2. The second-order valence-corrected chi connectivity index (χ2v) is 7.84. The van der Waals surface area contributed by atoms with E-state index in [0.717, 1.165) is 5.56 Å². The summed E-state index contributed by atoms with van der Waals surface area (Å²) in [6.07, 6.45) is 0.710. The number of benzene rings is 2. The lowest BCUT2D eigenvalue weighted by molar-refractivity contribution is -0.118. The molecule has 0 radical (unpaired) electrons. The highest BCUT2D eigenvalue weighted by molar-refractivity contribution is 7.89. The van der Waals surface area contributed by atoms with Gasteiger partial charge in [-0.2, -0.15) is 0 Å². The predicted octanol–water partition coefficient (Wildman–Crippen LogP) is 3.35. The van der Waals surface area contributed by atoms with Crippen LogP contribution < -0.4 is 14.8 Å². The van der Waals surface area contributed by atoms with E-state index in [1.54, 1.807) is 12.1 Å². The Kier molecular flexibility index (Phi) is 7.02. The number of halogens is 1. The Balaban J connectivity index is 1.91. The van der Waals surface area contributed by atoms with Crippen molar-refractivity contribution in [1.29, 1.82) is 0 Å². The Morgan fingerprint density at radius 2 is 1.85 bits per heavy atom. The Labute approximate surface area is 158 Å². The van der Waals surface area contributed by atoms with Crippen LogP contribution in [0.25, 0.3) is 0 Å². The zero-order valence-electron chi connectivity index (χ0n) is 14.6. The SMILES string of the molecule is CCCNS(=O)(=O)c1ccc(OCC(=O)Nc2ccc(C)c(Cl)c2)cc1. The third kappa shape index (κ3) is 5.72. The smallest absolute Gasteiger partial charge is 0.262 e. The molecule has 0 aliphatic carbocycles. The third-order valence-corrected chi connectivity index (χ3v) is 5.39. The Morgan fingerprint density at radius 3 is 2.46 bits per heavy atom. The summed E-state index contributed by atoms with van der Waals surface area (Å²) in [5.74, 6) is 0.0581. The van der Waals surface area contributed by atoms with Crippen LogP contribution in [0.15, 0.2) is 47.4 Å². The Bertz CT molecular complexity index is 867. The molecule has 0 heterocycles. The van der Waals surface area contributed by atoms with Crippen molar-refractivity contribution in [3.05, 3.63) is 53.1 Å². The van der Waals surface area contributed by atoms with E-state index in [1.807, 2.05) is 19.9 Å². The second kappa shape index (κ2) is 9.02. The number of carbonyl (C=O) groups excluding carboxylic acids is 1. The summed E-state index contributed by atoms with van der Waals surface area (Å²) < 4.78 is 31.9. The van der Waals surface area contributed by atoms with Gasteiger partial charge in [0.25, 0.3) is 5.91 Å². The molecule has 8 heteroatoms. The summed E-state index contributed by atoms with van der Waals surface area (Å²) in [4.78, 5) is 12.1. The lowest BCUT2D eigenvalue weighted by Gasteiger charge is -2.09. The van der Waals surface area contributed by atoms with Gasteiger partial charge in [-0.25, -0.2) is 13.1 Å². The van der Waals surface area contributed by atoms with E-state index in [1.165, 1.54) is 24.3 Å². The molecule has 2 aromatic rings. The van der Waals surface area contributed by atoms with Gasteiger partial charge in [-0.1, -0.05) is 24.6 Å². The van der Waals surface area contributed by atoms with Crippen LogP contribution in [0.4, 0.5) is 5.69 Å². The van der Waals surface area contributed by atoms with Crippen LogP contribution in [0.1, 0.15) is 18.9 Å². The average Bonchev–Trinajstić information content (AvgIpc) is 2.62. The minimum Gasteiger partial charge on any atom is -0.484 e. The fourth-order valence-corrected chi connectivity index (χ4v) is 3.37. The van der Waals surface area contributed by atoms with Crippen LogP contribution in [0.5, 0.6) is 5.75 Å². The first-order chi connectivity index (χ1) is 12.3. The van der Waals surface area contributed by atoms with E-state index in [-0.39, 0.29) is 17.4 Å². The average molecular weight is 397 g/mol. The fourth-order valence-electron chi connectivity index (χ4n) is 2.05. The first-order valence-electron chi connectivity index (χ1n) is 8.10. The molecular weight excluding hydrogens is 376 g/mol. The molecule has 2 rings (SSSR count). The van der Waals surface area contributed by atoms with E-state index < -0.39 is 10.0 Å². The quantitative estimate of drug-likeness (QED) is 0.716. The van der Waals surface area contributed by atoms with Crippen LogP contribution in [-0.2, 0) is 14.8 Å². The number of hydrogen-bond donors (Lipinski definition) is 2. The number of ether oxygens (including phenoxy) is 1. The molecule has 0 atom stereocenters. The molecule has 2 N–H and O–H groups in total. The summed E-state index contributed by atoms with van der Waals surface area (Å²) in [7, 11) is -3.52. The predicted molar refractivity (Wildman–Crippen MR) is 102 cm³/mol. The van der Waals surface area contributed by atoms with E-state index in [0.29, 0.717) is 29.4 Å². The van der Waals surface area contributed by atoms with Crippen molar-refractivity contribution in [1.82, 2.24) is 4.72 Å². The number of aryl methyl sites for hydroxylation is 1. The number of nitrogens with one attached hydrogen (secondary N) is 2. The lowest BCUT2D eigenvalue weighted by Crippen LogP contribution is -2.24. The number of carbonyl (C=O) groups is 1. The van der Waals surface area contributed by atoms with E-state index in [9.17, 15) is 13.2 Å². The van der Waals surface area contributed by atoms with Crippen LogP contribution >= 0.6 is 11.6 Å². The monoisotopic (exact) mass is 396 g/mol. The largest absolute Gasteiger partial charge is 0.484 e. The first kappa shape index (κ1) is 20.2. The summed E-state index contributed by atoms with van der Waals surface area (Å²) in [6, 6.07) is 11.1. The van der Waals surface area contributed by atoms with Crippen molar-refractivity contribution < 1.29 is 17.9 Å². The van der Waals surface area contributed by atoms with Crippen molar-refractivity contribution in [3.63, 3.8) is 0 Å². The topological polar surface area (TPSA) is 84.5 Å². The highest BCUT2D eigenvalue weighted by Crippen LogP contribution is 2.20. The maximum atomic E-state index is 12.0. The van der Waals surface area contributed by atoms with Gasteiger partial charge in [0.2, 0.25) is 10.0 Å². The van der Waals surface area contributed by atoms with Crippen molar-refractivity contribution in [2.45, 2.75) is 25.2 Å². The molecule has 0 aliphatic heterocycles. The van der Waals surface area contributed by atoms with Gasteiger partial charge in [-0.05, 0) is 55.3 Å². The summed E-state index contributed by atoms with van der Waals surface area (Å²) in [6.45, 7) is 3.93. The molecule has 6 nitrogen and oxygen atoms in total. The number of rotatable bonds is 8. The van der Waals surface area contributed by atoms with Crippen molar-refractivity contribution in [2.24, 2.45) is 0 Å². The van der Waals surface area contributed by atoms with Crippen LogP contribution in [0, 0.1) is 6.92 Å². The zero-order chi connectivity index (χ0) is 19.2. The van der Waals surface area contributed by atoms with Gasteiger partial charge >= 0.3 is 0 Å². The number of hydrogen-bond acceptors (Lipinski definition) is 4. The van der Waals surface area contributed by atoms with Crippen LogP contribution in [-0.4, -0.2) is 27.5 Å². The van der Waals surface area contributed by atoms with Gasteiger partial charge in [0.05, 0.1) is 4.90 Å². The molecule has 0 saturated carbocycles. The summed E-state index contributed by atoms with van der Waals surface area (Å²) in [5.41, 5.74) is 1.50. The Hall–Kier alpha value is -2.09. The second-order valence-electron chi connectivity index (χ2n) is 5.67. The number of anilines is 1. The number of amides is 1. The minimum absolute atomic E-state index is 0.150. The summed E-state index contributed by atoms with van der Waals surface area (Å²) in [5, 5.41) is 3.25. The maximum Gasteiger partial charge on any atom is 0.262 e. The van der Waals surface area contributed by atoms with Crippen LogP contribution in [0.3, 0.4) is 0 Å². The lowest BCUT2D eigenvalue weighted by atomic mass is 10.2. The van der Waals surface area contributed by atoms with Gasteiger partial charge in [-0.3, -0.25) is 4.79 Å². The molecule has 2 aromatic carbocycles. The van der Waals surface area contributed by atoms with Crippen molar-refractivity contribution >= 4 is 33.2 Å².